The van der Waals surface area contributed by atoms with Gasteiger partial charge in [0.05, 0.1) is 6.61 Å². The van der Waals surface area contributed by atoms with Crippen LogP contribution in [0.5, 0.6) is 0 Å². The summed E-state index contributed by atoms with van der Waals surface area (Å²) in [6.45, 7) is 1.13. The molecular formula is C26H25ClN4O4S. The van der Waals surface area contributed by atoms with Crippen molar-refractivity contribution in [3.8, 4) is 11.1 Å². The lowest BCUT2D eigenvalue weighted by atomic mass is 10.0. The van der Waals surface area contributed by atoms with Crippen LogP contribution in [0.3, 0.4) is 0 Å². The Hall–Kier alpha value is -3.24. The van der Waals surface area contributed by atoms with E-state index in [9.17, 15) is 13.2 Å². The van der Waals surface area contributed by atoms with Gasteiger partial charge in [-0.1, -0.05) is 23.7 Å². The highest BCUT2D eigenvalue weighted by Gasteiger charge is 2.33. The lowest BCUT2D eigenvalue weighted by molar-refractivity contribution is 0.0697. The van der Waals surface area contributed by atoms with E-state index in [-0.39, 0.29) is 30.6 Å². The number of aromatic nitrogens is 2. The molecule has 36 heavy (non-hydrogen) atoms. The summed E-state index contributed by atoms with van der Waals surface area (Å²) < 4.78 is 33.8. The standard InChI is InChI=1S/C26H25ClN4O4S/c1-35-17-23-22-16-21(27)6-7-24(22)29-25(23)36(33,34)31-14-12-30(13-15-31)26(32)20-4-2-18(3-5-20)19-8-10-28-11-9-19/h2-11,16,29H,12-15,17H2,1H3. The number of halogens is 1. The van der Waals surface area contributed by atoms with Gasteiger partial charge in [0, 0.05) is 72.7 Å². The second kappa shape index (κ2) is 10.0. The number of carbonyl (C=O) groups is 1. The molecule has 4 aromatic rings. The zero-order valence-electron chi connectivity index (χ0n) is 19.6. The van der Waals surface area contributed by atoms with Crippen LogP contribution in [-0.4, -0.2) is 66.8 Å². The maximum atomic E-state index is 13.6. The average Bonchev–Trinajstić information content (AvgIpc) is 3.27. The number of H-pyrrole nitrogens is 1. The van der Waals surface area contributed by atoms with Crippen molar-refractivity contribution in [2.24, 2.45) is 0 Å². The number of ether oxygens (including phenoxy) is 1. The van der Waals surface area contributed by atoms with Gasteiger partial charge in [-0.05, 0) is 53.6 Å². The number of sulfonamides is 1. The Labute approximate surface area is 214 Å². The number of aromatic amines is 1. The number of nitrogens with zero attached hydrogens (tertiary/aromatic N) is 3. The first-order chi connectivity index (χ1) is 17.4. The molecular weight excluding hydrogens is 500 g/mol. The molecule has 0 aliphatic carbocycles. The molecule has 0 bridgehead atoms. The van der Waals surface area contributed by atoms with Gasteiger partial charge >= 0.3 is 0 Å². The Morgan fingerprint density at radius 1 is 1.00 bits per heavy atom. The monoisotopic (exact) mass is 524 g/mol. The fourth-order valence-electron chi connectivity index (χ4n) is 4.50. The van der Waals surface area contributed by atoms with Gasteiger partial charge in [-0.2, -0.15) is 4.31 Å². The van der Waals surface area contributed by atoms with Crippen LogP contribution in [0.15, 0.2) is 72.0 Å². The number of carbonyl (C=O) groups excluding carboxylic acids is 1. The molecule has 1 aliphatic heterocycles. The number of amides is 1. The number of benzene rings is 2. The van der Waals surface area contributed by atoms with E-state index >= 15 is 0 Å². The molecule has 8 nitrogen and oxygen atoms in total. The number of rotatable bonds is 6. The molecule has 2 aromatic carbocycles. The van der Waals surface area contributed by atoms with Crippen LogP contribution in [-0.2, 0) is 21.4 Å². The third kappa shape index (κ3) is 4.62. The Bertz CT molecular complexity index is 1500. The molecule has 0 saturated carbocycles. The Balaban J connectivity index is 1.31. The van der Waals surface area contributed by atoms with E-state index in [4.69, 9.17) is 16.3 Å². The summed E-state index contributed by atoms with van der Waals surface area (Å²) in [6, 6.07) is 16.4. The van der Waals surface area contributed by atoms with Crippen molar-refractivity contribution in [3.05, 3.63) is 83.1 Å². The van der Waals surface area contributed by atoms with Crippen LogP contribution in [0.1, 0.15) is 15.9 Å². The van der Waals surface area contributed by atoms with E-state index in [1.807, 2.05) is 24.3 Å². The Morgan fingerprint density at radius 2 is 1.67 bits per heavy atom. The predicted molar refractivity (Wildman–Crippen MR) is 138 cm³/mol. The number of methoxy groups -OCH3 is 1. The van der Waals surface area contributed by atoms with Crippen LogP contribution >= 0.6 is 11.6 Å². The molecule has 1 N–H and O–H groups in total. The van der Waals surface area contributed by atoms with Crippen molar-refractivity contribution in [1.29, 1.82) is 0 Å². The van der Waals surface area contributed by atoms with Crippen molar-refractivity contribution in [3.63, 3.8) is 0 Å². The SMILES string of the molecule is COCc1c(S(=O)(=O)N2CCN(C(=O)c3ccc(-c4ccncc4)cc3)CC2)[nH]c2ccc(Cl)cc12. The van der Waals surface area contributed by atoms with Gasteiger partial charge in [-0.25, -0.2) is 8.42 Å². The topological polar surface area (TPSA) is 95.6 Å². The first-order valence-electron chi connectivity index (χ1n) is 11.5. The van der Waals surface area contributed by atoms with Crippen LogP contribution in [0.2, 0.25) is 5.02 Å². The molecule has 0 radical (unpaired) electrons. The van der Waals surface area contributed by atoms with E-state index < -0.39 is 10.0 Å². The Kier molecular flexibility index (Phi) is 6.81. The fourth-order valence-corrected chi connectivity index (χ4v) is 6.29. The van der Waals surface area contributed by atoms with Gasteiger partial charge < -0.3 is 14.6 Å². The van der Waals surface area contributed by atoms with Crippen LogP contribution in [0, 0.1) is 0 Å². The van der Waals surface area contributed by atoms with E-state index in [0.717, 1.165) is 11.1 Å². The minimum atomic E-state index is -3.83. The van der Waals surface area contributed by atoms with Crippen molar-refractivity contribution in [2.75, 3.05) is 33.3 Å². The molecule has 0 unspecified atom stereocenters. The van der Waals surface area contributed by atoms with E-state index in [1.165, 1.54) is 11.4 Å². The summed E-state index contributed by atoms with van der Waals surface area (Å²) in [4.78, 5) is 21.8. The Morgan fingerprint density at radius 3 is 2.33 bits per heavy atom. The number of hydrogen-bond donors (Lipinski definition) is 1. The number of pyridine rings is 1. The van der Waals surface area contributed by atoms with Gasteiger partial charge in [0.2, 0.25) is 0 Å². The molecule has 5 rings (SSSR count). The minimum Gasteiger partial charge on any atom is -0.380 e. The second-order valence-corrected chi connectivity index (χ2v) is 10.9. The van der Waals surface area contributed by atoms with Gasteiger partial charge in [0.1, 0.15) is 0 Å². The second-order valence-electron chi connectivity index (χ2n) is 8.57. The summed E-state index contributed by atoms with van der Waals surface area (Å²) in [7, 11) is -2.31. The number of piperazine rings is 1. The van der Waals surface area contributed by atoms with Crippen molar-refractivity contribution < 1.29 is 17.9 Å². The maximum Gasteiger partial charge on any atom is 0.259 e. The lowest BCUT2D eigenvalue weighted by Gasteiger charge is -2.34. The van der Waals surface area contributed by atoms with Gasteiger partial charge in [-0.15, -0.1) is 0 Å². The molecule has 3 heterocycles. The summed E-state index contributed by atoms with van der Waals surface area (Å²) >= 11 is 6.14. The zero-order chi connectivity index (χ0) is 25.3. The predicted octanol–water partition coefficient (Wildman–Crippen LogP) is 4.18. The van der Waals surface area contributed by atoms with Crippen LogP contribution < -0.4 is 0 Å². The van der Waals surface area contributed by atoms with Gasteiger partial charge in [-0.3, -0.25) is 9.78 Å². The van der Waals surface area contributed by atoms with Crippen molar-refractivity contribution in [1.82, 2.24) is 19.2 Å². The van der Waals surface area contributed by atoms with Crippen LogP contribution in [0.25, 0.3) is 22.0 Å². The van der Waals surface area contributed by atoms with Crippen LogP contribution in [0.4, 0.5) is 0 Å². The molecule has 186 valence electrons. The first kappa shape index (κ1) is 24.5. The number of fused-ring (bicyclic) bond motifs is 1. The average molecular weight is 525 g/mol. The van der Waals surface area contributed by atoms with E-state index in [1.54, 1.807) is 47.6 Å². The lowest BCUT2D eigenvalue weighted by Crippen LogP contribution is -2.50. The van der Waals surface area contributed by atoms with E-state index in [2.05, 4.69) is 9.97 Å². The highest BCUT2D eigenvalue weighted by molar-refractivity contribution is 7.89. The maximum absolute atomic E-state index is 13.6. The molecule has 1 fully saturated rings. The molecule has 1 saturated heterocycles. The molecule has 2 aromatic heterocycles. The molecule has 1 amide bonds. The normalized spacial score (nSPS) is 14.9. The fraction of sp³-hybridized carbons (Fsp3) is 0.231. The zero-order valence-corrected chi connectivity index (χ0v) is 21.2. The molecule has 0 spiro atoms. The molecule has 1 aliphatic rings. The summed E-state index contributed by atoms with van der Waals surface area (Å²) in [5.41, 5.74) is 3.81. The number of hydrogen-bond acceptors (Lipinski definition) is 5. The highest BCUT2D eigenvalue weighted by atomic mass is 35.5. The largest absolute Gasteiger partial charge is 0.380 e. The van der Waals surface area contributed by atoms with Gasteiger partial charge in [0.25, 0.3) is 15.9 Å². The third-order valence-electron chi connectivity index (χ3n) is 6.39. The smallest absolute Gasteiger partial charge is 0.259 e. The summed E-state index contributed by atoms with van der Waals surface area (Å²) in [5, 5.41) is 1.34. The number of nitrogens with one attached hydrogen (secondary N) is 1. The van der Waals surface area contributed by atoms with Gasteiger partial charge in [0.15, 0.2) is 5.03 Å². The minimum absolute atomic E-state index is 0.105. The highest BCUT2D eigenvalue weighted by Crippen LogP contribution is 2.31. The summed E-state index contributed by atoms with van der Waals surface area (Å²) in [5.74, 6) is -0.117. The third-order valence-corrected chi connectivity index (χ3v) is 8.53. The molecule has 0 atom stereocenters. The van der Waals surface area contributed by atoms with E-state index in [0.29, 0.717) is 40.1 Å². The van der Waals surface area contributed by atoms with Crippen molar-refractivity contribution in [2.45, 2.75) is 11.6 Å². The quantitative estimate of drug-likeness (QED) is 0.408. The first-order valence-corrected chi connectivity index (χ1v) is 13.3. The summed E-state index contributed by atoms with van der Waals surface area (Å²) in [6.07, 6.45) is 3.45. The molecule has 10 heteroatoms. The van der Waals surface area contributed by atoms with Crippen molar-refractivity contribution >= 4 is 38.4 Å².